The maximum atomic E-state index is 12.6. The Bertz CT molecular complexity index is 1020. The van der Waals surface area contributed by atoms with E-state index in [1.807, 2.05) is 12.1 Å². The summed E-state index contributed by atoms with van der Waals surface area (Å²) in [6, 6.07) is 12.8. The molecule has 1 aromatic heterocycles. The topological polar surface area (TPSA) is 80.3 Å². The predicted octanol–water partition coefficient (Wildman–Crippen LogP) is 5.46. The van der Waals surface area contributed by atoms with Crippen LogP contribution >= 0.6 is 11.3 Å². The van der Waals surface area contributed by atoms with Gasteiger partial charge in [0.05, 0.1) is 10.2 Å². The average Bonchev–Trinajstić information content (AvgIpc) is 3.01. The van der Waals surface area contributed by atoms with Crippen molar-refractivity contribution in [3.63, 3.8) is 0 Å². The highest BCUT2D eigenvalue weighted by Crippen LogP contribution is 2.27. The van der Waals surface area contributed by atoms with E-state index in [0.717, 1.165) is 16.6 Å². The standard InChI is InChI=1S/C21H23N3O3S/c1-5-13-9-10-16-17(11-13)28-19(23-16)24-18(25)14-7-6-8-15(12-14)22-20(26)27-21(2,3)4/h6-12H,5H2,1-4H3,(H,22,26)(H,23,24,25). The first-order chi connectivity index (χ1) is 13.2. The highest BCUT2D eigenvalue weighted by atomic mass is 32.1. The molecule has 0 saturated heterocycles. The Balaban J connectivity index is 1.71. The first-order valence-corrected chi connectivity index (χ1v) is 9.86. The fraction of sp³-hybridized carbons (Fsp3) is 0.286. The van der Waals surface area contributed by atoms with E-state index in [4.69, 9.17) is 4.74 Å². The molecule has 2 amide bonds. The van der Waals surface area contributed by atoms with Gasteiger partial charge in [-0.15, -0.1) is 0 Å². The summed E-state index contributed by atoms with van der Waals surface area (Å²) in [6.45, 7) is 7.47. The molecule has 1 heterocycles. The van der Waals surface area contributed by atoms with E-state index in [0.29, 0.717) is 16.4 Å². The van der Waals surface area contributed by atoms with Crippen LogP contribution in [-0.2, 0) is 11.2 Å². The monoisotopic (exact) mass is 397 g/mol. The number of aryl methyl sites for hydroxylation is 1. The van der Waals surface area contributed by atoms with Crippen molar-refractivity contribution in [1.82, 2.24) is 4.98 Å². The third-order valence-corrected chi connectivity index (χ3v) is 4.79. The molecule has 0 aliphatic rings. The molecule has 0 unspecified atom stereocenters. The van der Waals surface area contributed by atoms with E-state index >= 15 is 0 Å². The van der Waals surface area contributed by atoms with Gasteiger partial charge in [-0.3, -0.25) is 15.4 Å². The van der Waals surface area contributed by atoms with E-state index in [1.54, 1.807) is 45.0 Å². The van der Waals surface area contributed by atoms with Gasteiger partial charge in [0.2, 0.25) is 0 Å². The lowest BCUT2D eigenvalue weighted by Gasteiger charge is -2.19. The Labute approximate surface area is 167 Å². The number of rotatable bonds is 4. The SMILES string of the molecule is CCc1ccc2nc(NC(=O)c3cccc(NC(=O)OC(C)(C)C)c3)sc2c1. The number of carbonyl (C=O) groups excluding carboxylic acids is 2. The summed E-state index contributed by atoms with van der Waals surface area (Å²) in [6.07, 6.45) is 0.385. The first kappa shape index (κ1) is 19.8. The number of anilines is 2. The van der Waals surface area contributed by atoms with Crippen molar-refractivity contribution in [2.45, 2.75) is 39.7 Å². The largest absolute Gasteiger partial charge is 0.444 e. The molecule has 3 aromatic rings. The Morgan fingerprint density at radius 1 is 1.11 bits per heavy atom. The number of fused-ring (bicyclic) bond motifs is 1. The summed E-state index contributed by atoms with van der Waals surface area (Å²) < 4.78 is 6.27. The van der Waals surface area contributed by atoms with Crippen LogP contribution in [0.4, 0.5) is 15.6 Å². The average molecular weight is 398 g/mol. The van der Waals surface area contributed by atoms with Gasteiger partial charge in [-0.25, -0.2) is 9.78 Å². The number of hydrogen-bond donors (Lipinski definition) is 2. The van der Waals surface area contributed by atoms with Gasteiger partial charge >= 0.3 is 6.09 Å². The number of aromatic nitrogens is 1. The van der Waals surface area contributed by atoms with Gasteiger partial charge in [-0.2, -0.15) is 0 Å². The number of nitrogens with one attached hydrogen (secondary N) is 2. The zero-order valence-electron chi connectivity index (χ0n) is 16.3. The summed E-state index contributed by atoms with van der Waals surface area (Å²) in [4.78, 5) is 29.0. The molecule has 0 bridgehead atoms. The Morgan fingerprint density at radius 2 is 1.89 bits per heavy atom. The molecule has 7 heteroatoms. The van der Waals surface area contributed by atoms with Crippen molar-refractivity contribution in [2.75, 3.05) is 10.6 Å². The van der Waals surface area contributed by atoms with E-state index in [2.05, 4.69) is 28.6 Å². The van der Waals surface area contributed by atoms with Gasteiger partial charge in [-0.05, 0) is 63.1 Å². The zero-order chi connectivity index (χ0) is 20.3. The molecule has 0 aliphatic carbocycles. The second-order valence-corrected chi connectivity index (χ2v) is 8.37. The number of nitrogens with zero attached hydrogens (tertiary/aromatic N) is 1. The lowest BCUT2D eigenvalue weighted by atomic mass is 10.2. The van der Waals surface area contributed by atoms with Crippen LogP contribution in [0.2, 0.25) is 0 Å². The summed E-state index contributed by atoms with van der Waals surface area (Å²) in [5, 5.41) is 6.01. The van der Waals surface area contributed by atoms with Gasteiger partial charge in [0.1, 0.15) is 5.60 Å². The van der Waals surface area contributed by atoms with E-state index in [-0.39, 0.29) is 5.91 Å². The molecule has 2 aromatic carbocycles. The minimum atomic E-state index is -0.594. The molecule has 2 N–H and O–H groups in total. The van der Waals surface area contributed by atoms with Crippen LogP contribution in [0.1, 0.15) is 43.6 Å². The number of hydrogen-bond acceptors (Lipinski definition) is 5. The summed E-state index contributed by atoms with van der Waals surface area (Å²) in [5.41, 5.74) is 2.40. The summed E-state index contributed by atoms with van der Waals surface area (Å²) >= 11 is 1.44. The number of amides is 2. The molecule has 3 rings (SSSR count). The first-order valence-electron chi connectivity index (χ1n) is 9.04. The molecule has 0 saturated carbocycles. The summed E-state index contributed by atoms with van der Waals surface area (Å²) in [5.74, 6) is -0.289. The Hall–Kier alpha value is -2.93. The van der Waals surface area contributed by atoms with Crippen LogP contribution in [0.15, 0.2) is 42.5 Å². The molecule has 146 valence electrons. The Kier molecular flexibility index (Phi) is 5.65. The van der Waals surface area contributed by atoms with E-state index < -0.39 is 11.7 Å². The normalized spacial score (nSPS) is 11.3. The van der Waals surface area contributed by atoms with E-state index in [1.165, 1.54) is 16.9 Å². The molecule has 28 heavy (non-hydrogen) atoms. The van der Waals surface area contributed by atoms with Gasteiger partial charge in [-0.1, -0.05) is 30.4 Å². The maximum absolute atomic E-state index is 12.6. The van der Waals surface area contributed by atoms with Gasteiger partial charge in [0.25, 0.3) is 5.91 Å². The van der Waals surface area contributed by atoms with Crippen molar-refractivity contribution < 1.29 is 14.3 Å². The molecule has 0 aliphatic heterocycles. The smallest absolute Gasteiger partial charge is 0.412 e. The van der Waals surface area contributed by atoms with E-state index in [9.17, 15) is 9.59 Å². The highest BCUT2D eigenvalue weighted by molar-refractivity contribution is 7.22. The molecular weight excluding hydrogens is 374 g/mol. The lowest BCUT2D eigenvalue weighted by molar-refractivity contribution is 0.0635. The van der Waals surface area contributed by atoms with Crippen LogP contribution in [-0.4, -0.2) is 22.6 Å². The van der Waals surface area contributed by atoms with Crippen LogP contribution in [0.3, 0.4) is 0 Å². The third-order valence-electron chi connectivity index (χ3n) is 3.85. The molecule has 0 radical (unpaired) electrons. The van der Waals surface area contributed by atoms with Gasteiger partial charge in [0, 0.05) is 11.3 Å². The Morgan fingerprint density at radius 3 is 2.61 bits per heavy atom. The quantitative estimate of drug-likeness (QED) is 0.613. The zero-order valence-corrected chi connectivity index (χ0v) is 17.1. The molecule has 0 atom stereocenters. The fourth-order valence-corrected chi connectivity index (χ4v) is 3.50. The number of benzene rings is 2. The van der Waals surface area contributed by atoms with Crippen LogP contribution in [0, 0.1) is 0 Å². The molecule has 0 fully saturated rings. The minimum absolute atomic E-state index is 0.289. The van der Waals surface area contributed by atoms with Crippen molar-refractivity contribution in [3.8, 4) is 0 Å². The predicted molar refractivity (Wildman–Crippen MR) is 113 cm³/mol. The second kappa shape index (κ2) is 7.98. The van der Waals surface area contributed by atoms with Crippen molar-refractivity contribution in [3.05, 3.63) is 53.6 Å². The van der Waals surface area contributed by atoms with Crippen LogP contribution in [0.25, 0.3) is 10.2 Å². The van der Waals surface area contributed by atoms with Gasteiger partial charge < -0.3 is 4.74 Å². The molecule has 0 spiro atoms. The minimum Gasteiger partial charge on any atom is -0.444 e. The number of ether oxygens (including phenoxy) is 1. The molecular formula is C21H23N3O3S. The number of thiazole rings is 1. The van der Waals surface area contributed by atoms with Crippen LogP contribution in [0.5, 0.6) is 0 Å². The van der Waals surface area contributed by atoms with Crippen molar-refractivity contribution in [1.29, 1.82) is 0 Å². The highest BCUT2D eigenvalue weighted by Gasteiger charge is 2.17. The lowest BCUT2D eigenvalue weighted by Crippen LogP contribution is -2.27. The van der Waals surface area contributed by atoms with Crippen molar-refractivity contribution in [2.24, 2.45) is 0 Å². The second-order valence-electron chi connectivity index (χ2n) is 7.34. The van der Waals surface area contributed by atoms with Crippen LogP contribution < -0.4 is 10.6 Å². The van der Waals surface area contributed by atoms with Gasteiger partial charge in [0.15, 0.2) is 5.13 Å². The number of carbonyl (C=O) groups is 2. The van der Waals surface area contributed by atoms with Crippen molar-refractivity contribution >= 4 is 44.4 Å². The third kappa shape index (κ3) is 5.07. The maximum Gasteiger partial charge on any atom is 0.412 e. The fourth-order valence-electron chi connectivity index (χ4n) is 2.57. The summed E-state index contributed by atoms with van der Waals surface area (Å²) in [7, 11) is 0. The molecule has 6 nitrogen and oxygen atoms in total.